The molecule has 0 aromatic heterocycles. The fraction of sp³-hybridized carbons (Fsp3) is 0.333. The van der Waals surface area contributed by atoms with Crippen LogP contribution in [0.2, 0.25) is 0 Å². The highest BCUT2D eigenvalue weighted by atomic mass is 16.6. The van der Waals surface area contributed by atoms with Crippen molar-refractivity contribution < 1.29 is 28.5 Å². The Morgan fingerprint density at radius 3 is 2.15 bits per heavy atom. The SMILES string of the molecule is COCCOC(=O)c1ccc2c(c1)C1(COc3ccc(C(C)=O)cc31)CO2. The third-order valence-electron chi connectivity index (χ3n) is 5.10. The van der Waals surface area contributed by atoms with E-state index in [1.165, 1.54) is 6.92 Å². The molecule has 2 aromatic rings. The topological polar surface area (TPSA) is 71.1 Å². The molecule has 1 spiro atoms. The third kappa shape index (κ3) is 2.86. The van der Waals surface area contributed by atoms with Crippen LogP contribution in [0.1, 0.15) is 38.8 Å². The van der Waals surface area contributed by atoms with Crippen LogP contribution in [-0.2, 0) is 14.9 Å². The Bertz CT molecular complexity index is 915. The molecule has 2 aromatic carbocycles. The number of carbonyl (C=O) groups is 2. The van der Waals surface area contributed by atoms with Crippen molar-refractivity contribution in [1.82, 2.24) is 0 Å². The molecule has 6 heteroatoms. The second-order valence-electron chi connectivity index (χ2n) is 6.77. The van der Waals surface area contributed by atoms with Crippen LogP contribution in [0.4, 0.5) is 0 Å². The number of benzene rings is 2. The van der Waals surface area contributed by atoms with Crippen LogP contribution in [0.15, 0.2) is 36.4 Å². The quantitative estimate of drug-likeness (QED) is 0.459. The van der Waals surface area contributed by atoms with Crippen molar-refractivity contribution in [3.63, 3.8) is 0 Å². The Morgan fingerprint density at radius 2 is 1.56 bits per heavy atom. The number of carbonyl (C=O) groups excluding carboxylic acids is 2. The van der Waals surface area contributed by atoms with Crippen LogP contribution in [0, 0.1) is 0 Å². The molecule has 0 fully saturated rings. The lowest BCUT2D eigenvalue weighted by Gasteiger charge is -2.21. The Labute approximate surface area is 157 Å². The summed E-state index contributed by atoms with van der Waals surface area (Å²) in [7, 11) is 1.55. The second-order valence-corrected chi connectivity index (χ2v) is 6.77. The fourth-order valence-electron chi connectivity index (χ4n) is 3.61. The van der Waals surface area contributed by atoms with Gasteiger partial charge in [0.05, 0.1) is 17.6 Å². The van der Waals surface area contributed by atoms with Gasteiger partial charge in [0.2, 0.25) is 0 Å². The maximum absolute atomic E-state index is 12.3. The molecule has 0 N–H and O–H groups in total. The van der Waals surface area contributed by atoms with Gasteiger partial charge in [-0.05, 0) is 43.3 Å². The highest BCUT2D eigenvalue weighted by Crippen LogP contribution is 2.50. The lowest BCUT2D eigenvalue weighted by Crippen LogP contribution is -2.31. The van der Waals surface area contributed by atoms with Gasteiger partial charge in [0.25, 0.3) is 0 Å². The van der Waals surface area contributed by atoms with E-state index < -0.39 is 11.4 Å². The van der Waals surface area contributed by atoms with Gasteiger partial charge < -0.3 is 18.9 Å². The number of methoxy groups -OCH3 is 1. The first-order chi connectivity index (χ1) is 13.0. The standard InChI is InChI=1S/C21H20O6/c1-13(22)14-3-5-18-16(9-14)21(11-26-18)12-27-19-6-4-15(10-17(19)21)20(23)25-8-7-24-2/h3-6,9-10H,7-8,11-12H2,1-2H3. The number of ether oxygens (including phenoxy) is 4. The summed E-state index contributed by atoms with van der Waals surface area (Å²) in [6, 6.07) is 10.7. The van der Waals surface area contributed by atoms with E-state index in [1.807, 2.05) is 12.1 Å². The van der Waals surface area contributed by atoms with Crippen molar-refractivity contribution in [2.24, 2.45) is 0 Å². The lowest BCUT2D eigenvalue weighted by molar-refractivity contribution is 0.0388. The molecule has 0 saturated heterocycles. The van der Waals surface area contributed by atoms with E-state index in [-0.39, 0.29) is 12.4 Å². The average Bonchev–Trinajstić information content (AvgIpc) is 3.23. The fourth-order valence-corrected chi connectivity index (χ4v) is 3.61. The molecule has 140 valence electrons. The van der Waals surface area contributed by atoms with Crippen molar-refractivity contribution in [2.75, 3.05) is 33.5 Å². The van der Waals surface area contributed by atoms with Gasteiger partial charge in [0.15, 0.2) is 5.78 Å². The summed E-state index contributed by atoms with van der Waals surface area (Å²) in [5.74, 6) is 1.04. The molecule has 4 rings (SSSR count). The summed E-state index contributed by atoms with van der Waals surface area (Å²) >= 11 is 0. The van der Waals surface area contributed by atoms with E-state index >= 15 is 0 Å². The van der Waals surface area contributed by atoms with Gasteiger partial charge in [-0.25, -0.2) is 4.79 Å². The number of ketones is 1. The van der Waals surface area contributed by atoms with E-state index in [9.17, 15) is 9.59 Å². The number of hydrogen-bond acceptors (Lipinski definition) is 6. The van der Waals surface area contributed by atoms with Gasteiger partial charge in [-0.2, -0.15) is 0 Å². The highest BCUT2D eigenvalue weighted by molar-refractivity contribution is 5.95. The maximum atomic E-state index is 12.3. The summed E-state index contributed by atoms with van der Waals surface area (Å²) in [5, 5.41) is 0. The maximum Gasteiger partial charge on any atom is 0.338 e. The van der Waals surface area contributed by atoms with Gasteiger partial charge in [-0.1, -0.05) is 0 Å². The van der Waals surface area contributed by atoms with Crippen molar-refractivity contribution in [3.8, 4) is 11.5 Å². The Morgan fingerprint density at radius 1 is 0.963 bits per heavy atom. The second kappa shape index (κ2) is 6.70. The van der Waals surface area contributed by atoms with Crippen molar-refractivity contribution in [2.45, 2.75) is 12.3 Å². The summed E-state index contributed by atoms with van der Waals surface area (Å²) in [5.41, 5.74) is 2.34. The zero-order chi connectivity index (χ0) is 19.0. The summed E-state index contributed by atoms with van der Waals surface area (Å²) in [6.45, 7) is 2.88. The van der Waals surface area contributed by atoms with Crippen molar-refractivity contribution >= 4 is 11.8 Å². The number of rotatable bonds is 5. The van der Waals surface area contributed by atoms with E-state index in [0.29, 0.717) is 36.7 Å². The number of fused-ring (bicyclic) bond motifs is 4. The molecule has 2 aliphatic rings. The summed E-state index contributed by atoms with van der Waals surface area (Å²) < 4.78 is 21.9. The zero-order valence-corrected chi connectivity index (χ0v) is 15.2. The smallest absolute Gasteiger partial charge is 0.338 e. The minimum absolute atomic E-state index is 0.00513. The van der Waals surface area contributed by atoms with Gasteiger partial charge in [-0.3, -0.25) is 4.79 Å². The van der Waals surface area contributed by atoms with Crippen LogP contribution in [0.25, 0.3) is 0 Å². The first-order valence-electron chi connectivity index (χ1n) is 8.77. The minimum atomic E-state index is -0.529. The van der Waals surface area contributed by atoms with Crippen LogP contribution in [0.5, 0.6) is 11.5 Å². The van der Waals surface area contributed by atoms with Crippen LogP contribution < -0.4 is 9.47 Å². The van der Waals surface area contributed by atoms with Gasteiger partial charge in [0.1, 0.15) is 31.3 Å². The molecule has 6 nitrogen and oxygen atoms in total. The molecule has 0 bridgehead atoms. The predicted molar refractivity (Wildman–Crippen MR) is 96.8 cm³/mol. The van der Waals surface area contributed by atoms with E-state index in [2.05, 4.69) is 0 Å². The summed E-state index contributed by atoms with van der Waals surface area (Å²) in [4.78, 5) is 24.1. The molecule has 27 heavy (non-hydrogen) atoms. The Hall–Kier alpha value is -2.86. The van der Waals surface area contributed by atoms with Crippen LogP contribution in [-0.4, -0.2) is 45.3 Å². The molecule has 2 aliphatic heterocycles. The lowest BCUT2D eigenvalue weighted by atomic mass is 9.77. The monoisotopic (exact) mass is 368 g/mol. The molecule has 2 heterocycles. The van der Waals surface area contributed by atoms with Gasteiger partial charge in [-0.15, -0.1) is 0 Å². The largest absolute Gasteiger partial charge is 0.492 e. The predicted octanol–water partition coefficient (Wildman–Crippen LogP) is 2.76. The first kappa shape index (κ1) is 17.5. The van der Waals surface area contributed by atoms with Gasteiger partial charge in [0, 0.05) is 23.8 Å². The molecule has 0 saturated carbocycles. The normalized spacial score (nSPS) is 19.2. The number of Topliss-reactive ketones (excluding diaryl/α,β-unsaturated/α-hetero) is 1. The third-order valence-corrected chi connectivity index (χ3v) is 5.10. The molecular weight excluding hydrogens is 348 g/mol. The van der Waals surface area contributed by atoms with Crippen LogP contribution >= 0.6 is 0 Å². The van der Waals surface area contributed by atoms with Gasteiger partial charge >= 0.3 is 5.97 Å². The van der Waals surface area contributed by atoms with E-state index in [1.54, 1.807) is 31.4 Å². The van der Waals surface area contributed by atoms with E-state index in [0.717, 1.165) is 16.9 Å². The van der Waals surface area contributed by atoms with E-state index in [4.69, 9.17) is 18.9 Å². The molecule has 0 amide bonds. The zero-order valence-electron chi connectivity index (χ0n) is 15.2. The molecule has 1 atom stereocenters. The molecule has 0 radical (unpaired) electrons. The van der Waals surface area contributed by atoms with Crippen molar-refractivity contribution in [3.05, 3.63) is 58.7 Å². The Kier molecular flexibility index (Phi) is 4.36. The number of hydrogen-bond donors (Lipinski definition) is 0. The molecule has 0 aliphatic carbocycles. The first-order valence-corrected chi connectivity index (χ1v) is 8.77. The van der Waals surface area contributed by atoms with Crippen molar-refractivity contribution in [1.29, 1.82) is 0 Å². The molecular formula is C21H20O6. The highest BCUT2D eigenvalue weighted by Gasteiger charge is 2.49. The van der Waals surface area contributed by atoms with Crippen LogP contribution in [0.3, 0.4) is 0 Å². The number of esters is 1. The molecule has 1 unspecified atom stereocenters. The Balaban J connectivity index is 1.72. The minimum Gasteiger partial charge on any atom is -0.492 e. The average molecular weight is 368 g/mol. The summed E-state index contributed by atoms with van der Waals surface area (Å²) in [6.07, 6.45) is 0.